The molecule has 0 spiro atoms. The zero-order chi connectivity index (χ0) is 16.3. The van der Waals surface area contributed by atoms with E-state index in [2.05, 4.69) is 87.1 Å². The molecule has 2 rings (SSSR count). The molecule has 2 nitrogen and oxygen atoms in total. The van der Waals surface area contributed by atoms with Gasteiger partial charge in [-0.3, -0.25) is 0 Å². The summed E-state index contributed by atoms with van der Waals surface area (Å²) in [5.41, 5.74) is 5.20. The minimum Gasteiger partial charge on any atom is -0.232 e. The van der Waals surface area contributed by atoms with Gasteiger partial charge < -0.3 is 0 Å². The molecule has 0 atom stereocenters. The van der Waals surface area contributed by atoms with E-state index in [0.29, 0.717) is 5.92 Å². The average Bonchev–Trinajstić information content (AvgIpc) is 2.86. The lowest BCUT2D eigenvalue weighted by molar-refractivity contribution is -0.659. The van der Waals surface area contributed by atoms with Crippen molar-refractivity contribution in [3.05, 3.63) is 60.5 Å². The maximum absolute atomic E-state index is 4.03. The third-order valence-electron chi connectivity index (χ3n) is 4.19. The van der Waals surface area contributed by atoms with Gasteiger partial charge in [0.05, 0.1) is 12.6 Å². The lowest BCUT2D eigenvalue weighted by Crippen LogP contribution is -2.29. The van der Waals surface area contributed by atoms with Gasteiger partial charge in [-0.1, -0.05) is 51.6 Å². The fraction of sp³-hybridized carbons (Fsp3) is 0.350. The van der Waals surface area contributed by atoms with Gasteiger partial charge in [0.25, 0.3) is 5.82 Å². The van der Waals surface area contributed by atoms with Gasteiger partial charge in [0.15, 0.2) is 0 Å². The highest BCUT2D eigenvalue weighted by Gasteiger charge is 2.23. The van der Waals surface area contributed by atoms with Crippen molar-refractivity contribution < 1.29 is 4.57 Å². The summed E-state index contributed by atoms with van der Waals surface area (Å²) < 4.78 is 4.51. The molecular formula is C20H27N2+. The summed E-state index contributed by atoms with van der Waals surface area (Å²) in [4.78, 5) is 0. The first kappa shape index (κ1) is 16.3. The van der Waals surface area contributed by atoms with Gasteiger partial charge in [-0.2, -0.15) is 4.57 Å². The van der Waals surface area contributed by atoms with Crippen molar-refractivity contribution >= 4 is 5.70 Å². The summed E-state index contributed by atoms with van der Waals surface area (Å²) in [6.07, 6.45) is 7.27. The van der Waals surface area contributed by atoms with Gasteiger partial charge in [0.1, 0.15) is 18.1 Å². The Bertz CT molecular complexity index is 702. The molecule has 0 unspecified atom stereocenters. The number of benzene rings is 1. The Labute approximate surface area is 134 Å². The van der Waals surface area contributed by atoms with E-state index in [1.165, 1.54) is 28.2 Å². The Morgan fingerprint density at radius 3 is 2.55 bits per heavy atom. The van der Waals surface area contributed by atoms with Gasteiger partial charge in [0, 0.05) is 6.42 Å². The summed E-state index contributed by atoms with van der Waals surface area (Å²) in [6.45, 7) is 12.9. The maximum Gasteiger partial charge on any atom is 0.293 e. The molecule has 0 N–H and O–H groups in total. The number of nitrogens with zero attached hydrogens (tertiary/aromatic N) is 2. The van der Waals surface area contributed by atoms with Gasteiger partial charge in [-0.15, -0.1) is 0 Å². The summed E-state index contributed by atoms with van der Waals surface area (Å²) in [6, 6.07) is 8.55. The van der Waals surface area contributed by atoms with E-state index < -0.39 is 0 Å². The van der Waals surface area contributed by atoms with Crippen LogP contribution in [0.2, 0.25) is 0 Å². The molecule has 0 aliphatic rings. The normalized spacial score (nSPS) is 12.5. The van der Waals surface area contributed by atoms with Crippen LogP contribution in [0.25, 0.3) is 17.1 Å². The van der Waals surface area contributed by atoms with E-state index in [9.17, 15) is 0 Å². The number of allylic oxidation sites excluding steroid dienone is 3. The van der Waals surface area contributed by atoms with Gasteiger partial charge in [0.2, 0.25) is 0 Å². The predicted octanol–water partition coefficient (Wildman–Crippen LogP) is 4.75. The molecule has 0 saturated heterocycles. The van der Waals surface area contributed by atoms with Crippen molar-refractivity contribution in [2.24, 2.45) is 13.0 Å². The van der Waals surface area contributed by atoms with E-state index in [1.807, 2.05) is 6.08 Å². The molecule has 1 aromatic carbocycles. The monoisotopic (exact) mass is 295 g/mol. The van der Waals surface area contributed by atoms with Gasteiger partial charge >= 0.3 is 0 Å². The van der Waals surface area contributed by atoms with Gasteiger partial charge in [-0.25, -0.2) is 4.57 Å². The SMILES string of the molecule is C=C/C(=C(\CC)n1cc[n+](C)c1-c1ccccc1C)C(C)C. The highest BCUT2D eigenvalue weighted by Crippen LogP contribution is 2.28. The van der Waals surface area contributed by atoms with E-state index in [1.54, 1.807) is 0 Å². The van der Waals surface area contributed by atoms with Crippen molar-refractivity contribution in [2.45, 2.75) is 34.1 Å². The molecule has 0 aliphatic carbocycles. The third kappa shape index (κ3) is 2.92. The topological polar surface area (TPSA) is 8.81 Å². The lowest BCUT2D eigenvalue weighted by atomic mass is 9.99. The van der Waals surface area contributed by atoms with Crippen molar-refractivity contribution in [1.82, 2.24) is 4.57 Å². The number of hydrogen-bond acceptors (Lipinski definition) is 0. The van der Waals surface area contributed by atoms with E-state index in [4.69, 9.17) is 0 Å². The molecule has 0 amide bonds. The minimum absolute atomic E-state index is 0.463. The summed E-state index contributed by atoms with van der Waals surface area (Å²) >= 11 is 0. The largest absolute Gasteiger partial charge is 0.293 e. The molecule has 22 heavy (non-hydrogen) atoms. The standard InChI is InChI=1S/C20H27N2/c1-7-17(15(3)4)19(8-2)22-14-13-21(6)20(22)18-12-10-9-11-16(18)5/h7,9-15H,1,8H2,2-6H3/q+1/b19-17-. The molecule has 0 bridgehead atoms. The highest BCUT2D eigenvalue weighted by molar-refractivity contribution is 5.65. The Balaban J connectivity index is 2.74. The molecule has 2 aromatic rings. The predicted molar refractivity (Wildman–Crippen MR) is 94.3 cm³/mol. The van der Waals surface area contributed by atoms with Crippen molar-refractivity contribution in [3.63, 3.8) is 0 Å². The van der Waals surface area contributed by atoms with E-state index >= 15 is 0 Å². The Morgan fingerprint density at radius 1 is 1.32 bits per heavy atom. The molecule has 0 fully saturated rings. The summed E-state index contributed by atoms with van der Waals surface area (Å²) in [5.74, 6) is 1.68. The maximum atomic E-state index is 4.03. The number of aryl methyl sites for hydroxylation is 2. The van der Waals surface area contributed by atoms with Crippen LogP contribution in [0.5, 0.6) is 0 Å². The van der Waals surface area contributed by atoms with Crippen LogP contribution in [-0.4, -0.2) is 4.57 Å². The van der Waals surface area contributed by atoms with Crippen LogP contribution < -0.4 is 4.57 Å². The second-order valence-corrected chi connectivity index (χ2v) is 6.03. The fourth-order valence-corrected chi connectivity index (χ4v) is 3.04. The first-order valence-corrected chi connectivity index (χ1v) is 8.00. The quantitative estimate of drug-likeness (QED) is 0.556. The van der Waals surface area contributed by atoms with Crippen molar-refractivity contribution in [3.8, 4) is 11.4 Å². The second-order valence-electron chi connectivity index (χ2n) is 6.03. The molecule has 1 heterocycles. The average molecular weight is 295 g/mol. The first-order valence-electron chi connectivity index (χ1n) is 8.00. The molecular weight excluding hydrogens is 268 g/mol. The van der Waals surface area contributed by atoms with Crippen LogP contribution in [0.3, 0.4) is 0 Å². The number of hydrogen-bond donors (Lipinski definition) is 0. The van der Waals surface area contributed by atoms with Crippen LogP contribution in [0, 0.1) is 12.8 Å². The van der Waals surface area contributed by atoms with Crippen molar-refractivity contribution in [2.75, 3.05) is 0 Å². The molecule has 2 heteroatoms. The van der Waals surface area contributed by atoms with Crippen LogP contribution in [0.4, 0.5) is 0 Å². The minimum atomic E-state index is 0.463. The summed E-state index contributed by atoms with van der Waals surface area (Å²) in [5, 5.41) is 0. The highest BCUT2D eigenvalue weighted by atomic mass is 15.1. The second kappa shape index (κ2) is 6.78. The van der Waals surface area contributed by atoms with Crippen LogP contribution >= 0.6 is 0 Å². The third-order valence-corrected chi connectivity index (χ3v) is 4.19. The molecule has 116 valence electrons. The molecule has 0 saturated carbocycles. The molecule has 1 aromatic heterocycles. The zero-order valence-corrected chi connectivity index (χ0v) is 14.4. The van der Waals surface area contributed by atoms with E-state index in [0.717, 1.165) is 6.42 Å². The zero-order valence-electron chi connectivity index (χ0n) is 14.4. The Kier molecular flexibility index (Phi) is 5.02. The fourth-order valence-electron chi connectivity index (χ4n) is 3.04. The number of imidazole rings is 1. The van der Waals surface area contributed by atoms with E-state index in [-0.39, 0.29) is 0 Å². The van der Waals surface area contributed by atoms with Crippen LogP contribution in [-0.2, 0) is 7.05 Å². The van der Waals surface area contributed by atoms with Gasteiger partial charge in [-0.05, 0) is 30.0 Å². The number of aromatic nitrogens is 2. The van der Waals surface area contributed by atoms with Crippen LogP contribution in [0.1, 0.15) is 32.8 Å². The smallest absolute Gasteiger partial charge is 0.232 e. The number of rotatable bonds is 5. The summed E-state index contributed by atoms with van der Waals surface area (Å²) in [7, 11) is 2.11. The molecule has 0 radical (unpaired) electrons. The lowest BCUT2D eigenvalue weighted by Gasteiger charge is -2.13. The molecule has 0 aliphatic heterocycles. The first-order chi connectivity index (χ1) is 10.5. The Hall–Kier alpha value is -2.09. The van der Waals surface area contributed by atoms with Crippen LogP contribution in [0.15, 0.2) is 54.9 Å². The van der Waals surface area contributed by atoms with Crippen molar-refractivity contribution in [1.29, 1.82) is 0 Å². The Morgan fingerprint density at radius 2 is 2.00 bits per heavy atom.